The third-order valence-electron chi connectivity index (χ3n) is 4.76. The Hall–Kier alpha value is -2.50. The van der Waals surface area contributed by atoms with E-state index in [2.05, 4.69) is 15.2 Å². The largest absolute Gasteiger partial charge is 0.368 e. The van der Waals surface area contributed by atoms with E-state index in [4.69, 9.17) is 23.2 Å². The Balaban J connectivity index is 1.42. The molecule has 3 aromatic rings. The van der Waals surface area contributed by atoms with Crippen molar-refractivity contribution < 1.29 is 4.79 Å². The third-order valence-corrected chi connectivity index (χ3v) is 5.50. The highest BCUT2D eigenvalue weighted by molar-refractivity contribution is 6.42. The van der Waals surface area contributed by atoms with E-state index in [-0.39, 0.29) is 6.03 Å². The lowest BCUT2D eigenvalue weighted by Crippen LogP contribution is -2.50. The maximum atomic E-state index is 12.7. The zero-order valence-corrected chi connectivity index (χ0v) is 16.0. The van der Waals surface area contributed by atoms with Gasteiger partial charge in [-0.05, 0) is 30.3 Å². The van der Waals surface area contributed by atoms with Crippen LogP contribution in [0.1, 0.15) is 0 Å². The van der Waals surface area contributed by atoms with E-state index in [1.54, 1.807) is 18.5 Å². The quantitative estimate of drug-likeness (QED) is 0.665. The topological polar surface area (TPSA) is 48.5 Å². The number of hydrogen-bond acceptors (Lipinski definition) is 3. The van der Waals surface area contributed by atoms with Gasteiger partial charge in [0.15, 0.2) is 0 Å². The zero-order valence-electron chi connectivity index (χ0n) is 14.5. The summed E-state index contributed by atoms with van der Waals surface area (Å²) in [5.41, 5.74) is 1.82. The molecule has 5 nitrogen and oxygen atoms in total. The van der Waals surface area contributed by atoms with Gasteiger partial charge in [0.2, 0.25) is 0 Å². The summed E-state index contributed by atoms with van der Waals surface area (Å²) in [7, 11) is 0. The number of fused-ring (bicyclic) bond motifs is 1. The first kappa shape index (κ1) is 17.9. The van der Waals surface area contributed by atoms with Crippen LogP contribution in [0.25, 0.3) is 10.8 Å². The van der Waals surface area contributed by atoms with Crippen molar-refractivity contribution in [3.8, 4) is 0 Å². The molecule has 2 heterocycles. The van der Waals surface area contributed by atoms with Crippen LogP contribution in [0, 0.1) is 0 Å². The third kappa shape index (κ3) is 3.80. The SMILES string of the molecule is O=C(Nc1cccc2cnccc12)N1CCN(c2ccc(Cl)c(Cl)c2)CC1. The van der Waals surface area contributed by atoms with E-state index in [1.807, 2.05) is 41.3 Å². The number of amides is 2. The summed E-state index contributed by atoms with van der Waals surface area (Å²) in [6.45, 7) is 2.76. The number of rotatable bonds is 2. The molecule has 0 unspecified atom stereocenters. The van der Waals surface area contributed by atoms with Crippen LogP contribution < -0.4 is 10.2 Å². The van der Waals surface area contributed by atoms with Crippen LogP contribution in [0.4, 0.5) is 16.2 Å². The van der Waals surface area contributed by atoms with Gasteiger partial charge >= 0.3 is 6.03 Å². The maximum Gasteiger partial charge on any atom is 0.321 e. The predicted octanol–water partition coefficient (Wildman–Crippen LogP) is 4.90. The number of benzene rings is 2. The molecule has 0 aliphatic carbocycles. The molecular formula is C20H18Cl2N4O. The van der Waals surface area contributed by atoms with Crippen molar-refractivity contribution in [2.75, 3.05) is 36.4 Å². The Bertz CT molecular complexity index is 981. The van der Waals surface area contributed by atoms with Crippen molar-refractivity contribution in [1.82, 2.24) is 9.88 Å². The average Bonchev–Trinajstić information content (AvgIpc) is 2.70. The van der Waals surface area contributed by atoms with E-state index in [9.17, 15) is 4.79 Å². The Morgan fingerprint density at radius 1 is 1.00 bits per heavy atom. The molecule has 0 atom stereocenters. The molecule has 1 aliphatic rings. The fraction of sp³-hybridized carbons (Fsp3) is 0.200. The van der Waals surface area contributed by atoms with Crippen LogP contribution in [0.5, 0.6) is 0 Å². The minimum atomic E-state index is -0.0897. The summed E-state index contributed by atoms with van der Waals surface area (Å²) in [5.74, 6) is 0. The summed E-state index contributed by atoms with van der Waals surface area (Å²) < 4.78 is 0. The second-order valence-electron chi connectivity index (χ2n) is 6.41. The van der Waals surface area contributed by atoms with E-state index in [0.717, 1.165) is 35.2 Å². The van der Waals surface area contributed by atoms with E-state index < -0.39 is 0 Å². The molecule has 1 fully saturated rings. The number of pyridine rings is 1. The molecule has 2 aromatic carbocycles. The molecule has 1 saturated heterocycles. The molecule has 138 valence electrons. The van der Waals surface area contributed by atoms with Crippen molar-refractivity contribution in [3.05, 3.63) is 64.9 Å². The number of carbonyl (C=O) groups is 1. The van der Waals surface area contributed by atoms with Crippen LogP contribution >= 0.6 is 23.2 Å². The van der Waals surface area contributed by atoms with Gasteiger partial charge in [-0.15, -0.1) is 0 Å². The van der Waals surface area contributed by atoms with Gasteiger partial charge in [-0.2, -0.15) is 0 Å². The van der Waals surface area contributed by atoms with Crippen molar-refractivity contribution in [3.63, 3.8) is 0 Å². The van der Waals surface area contributed by atoms with E-state index >= 15 is 0 Å². The molecule has 0 radical (unpaired) electrons. The monoisotopic (exact) mass is 400 g/mol. The average molecular weight is 401 g/mol. The van der Waals surface area contributed by atoms with Gasteiger partial charge in [0.25, 0.3) is 0 Å². The van der Waals surface area contributed by atoms with Crippen LogP contribution in [0.3, 0.4) is 0 Å². The van der Waals surface area contributed by atoms with Crippen LogP contribution in [-0.2, 0) is 0 Å². The lowest BCUT2D eigenvalue weighted by molar-refractivity contribution is 0.208. The first-order valence-electron chi connectivity index (χ1n) is 8.70. The lowest BCUT2D eigenvalue weighted by atomic mass is 10.1. The lowest BCUT2D eigenvalue weighted by Gasteiger charge is -2.36. The molecule has 0 bridgehead atoms. The number of halogens is 2. The van der Waals surface area contributed by atoms with Crippen LogP contribution in [0.2, 0.25) is 10.0 Å². The molecule has 1 N–H and O–H groups in total. The number of nitrogens with zero attached hydrogens (tertiary/aromatic N) is 3. The number of anilines is 2. The van der Waals surface area contributed by atoms with Gasteiger partial charge in [-0.3, -0.25) is 4.98 Å². The number of carbonyl (C=O) groups excluding carboxylic acids is 1. The summed E-state index contributed by atoms with van der Waals surface area (Å²) in [5, 5.41) is 6.10. The van der Waals surface area contributed by atoms with Crippen molar-refractivity contribution >= 4 is 51.4 Å². The molecule has 4 rings (SSSR count). The molecule has 0 spiro atoms. The highest BCUT2D eigenvalue weighted by Crippen LogP contribution is 2.28. The van der Waals surface area contributed by atoms with Gasteiger partial charge < -0.3 is 15.1 Å². The van der Waals surface area contributed by atoms with Crippen molar-refractivity contribution in [1.29, 1.82) is 0 Å². The number of piperazine rings is 1. The highest BCUT2D eigenvalue weighted by Gasteiger charge is 2.22. The van der Waals surface area contributed by atoms with Crippen molar-refractivity contribution in [2.24, 2.45) is 0 Å². The van der Waals surface area contributed by atoms with Gasteiger partial charge in [-0.25, -0.2) is 4.79 Å². The first-order valence-corrected chi connectivity index (χ1v) is 9.46. The Labute approximate surface area is 167 Å². The fourth-order valence-electron chi connectivity index (χ4n) is 3.28. The Morgan fingerprint density at radius 3 is 2.59 bits per heavy atom. The molecule has 7 heteroatoms. The molecule has 27 heavy (non-hydrogen) atoms. The normalized spacial score (nSPS) is 14.4. The predicted molar refractivity (Wildman–Crippen MR) is 111 cm³/mol. The minimum Gasteiger partial charge on any atom is -0.368 e. The second-order valence-corrected chi connectivity index (χ2v) is 7.22. The first-order chi connectivity index (χ1) is 13.1. The molecule has 1 aromatic heterocycles. The molecule has 2 amide bonds. The number of nitrogens with one attached hydrogen (secondary N) is 1. The fourth-order valence-corrected chi connectivity index (χ4v) is 3.57. The summed E-state index contributed by atoms with van der Waals surface area (Å²) in [4.78, 5) is 20.9. The van der Waals surface area contributed by atoms with Crippen LogP contribution in [0.15, 0.2) is 54.9 Å². The summed E-state index contributed by atoms with van der Waals surface area (Å²) in [6, 6.07) is 13.2. The summed E-state index contributed by atoms with van der Waals surface area (Å²) in [6.07, 6.45) is 3.52. The molecule has 1 aliphatic heterocycles. The number of hydrogen-bond donors (Lipinski definition) is 1. The highest BCUT2D eigenvalue weighted by atomic mass is 35.5. The van der Waals surface area contributed by atoms with Gasteiger partial charge in [-0.1, -0.05) is 35.3 Å². The van der Waals surface area contributed by atoms with Gasteiger partial charge in [0.1, 0.15) is 0 Å². The Kier molecular flexibility index (Phi) is 5.05. The smallest absolute Gasteiger partial charge is 0.321 e. The molecular weight excluding hydrogens is 383 g/mol. The van der Waals surface area contributed by atoms with Crippen LogP contribution in [-0.4, -0.2) is 42.1 Å². The maximum absolute atomic E-state index is 12.7. The molecule has 0 saturated carbocycles. The number of aromatic nitrogens is 1. The minimum absolute atomic E-state index is 0.0897. The Morgan fingerprint density at radius 2 is 1.81 bits per heavy atom. The van der Waals surface area contributed by atoms with Gasteiger partial charge in [0, 0.05) is 55.0 Å². The zero-order chi connectivity index (χ0) is 18.8. The van der Waals surface area contributed by atoms with Crippen molar-refractivity contribution in [2.45, 2.75) is 0 Å². The van der Waals surface area contributed by atoms with E-state index in [0.29, 0.717) is 23.1 Å². The van der Waals surface area contributed by atoms with E-state index in [1.165, 1.54) is 0 Å². The summed E-state index contributed by atoms with van der Waals surface area (Å²) >= 11 is 12.1. The standard InChI is InChI=1S/C20H18Cl2N4O/c21-17-5-4-15(12-18(17)22)25-8-10-26(11-9-25)20(27)24-19-3-1-2-14-13-23-7-6-16(14)19/h1-7,12-13H,8-11H2,(H,24,27). The second kappa shape index (κ2) is 7.62. The number of urea groups is 1. The van der Waals surface area contributed by atoms with Gasteiger partial charge in [0.05, 0.1) is 15.7 Å².